The van der Waals surface area contributed by atoms with E-state index in [1.807, 2.05) is 0 Å². The van der Waals surface area contributed by atoms with Gasteiger partial charge >= 0.3 is 0 Å². The molecular formula is C30H32N2. The molecule has 1 N–H and O–H groups in total. The normalized spacial score (nSPS) is 12.0. The second kappa shape index (κ2) is 12.0. The van der Waals surface area contributed by atoms with Crippen molar-refractivity contribution >= 4 is 0 Å². The van der Waals surface area contributed by atoms with Crippen LogP contribution in [-0.2, 0) is 26.1 Å². The molecule has 0 heterocycles. The lowest BCUT2D eigenvalue weighted by molar-refractivity contribution is 0.172. The van der Waals surface area contributed by atoms with Gasteiger partial charge in [0.05, 0.1) is 0 Å². The highest BCUT2D eigenvalue weighted by molar-refractivity contribution is 5.20. The monoisotopic (exact) mass is 420 g/mol. The lowest BCUT2D eigenvalue weighted by atomic mass is 10.0. The molecule has 0 aliphatic rings. The Kier molecular flexibility index (Phi) is 8.25. The molecule has 0 aromatic heterocycles. The molecule has 0 unspecified atom stereocenters. The Labute approximate surface area is 192 Å². The second-order valence-electron chi connectivity index (χ2n) is 8.34. The van der Waals surface area contributed by atoms with Gasteiger partial charge < -0.3 is 5.32 Å². The maximum atomic E-state index is 3.73. The smallest absolute Gasteiger partial charge is 0.0268 e. The summed E-state index contributed by atoms with van der Waals surface area (Å²) in [4.78, 5) is 2.62. The summed E-state index contributed by atoms with van der Waals surface area (Å²) in [6, 6.07) is 43.5. The maximum absolute atomic E-state index is 3.73. The Morgan fingerprint density at radius 2 is 0.906 bits per heavy atom. The highest BCUT2D eigenvalue weighted by Gasteiger charge is 2.20. The van der Waals surface area contributed by atoms with Gasteiger partial charge in [0, 0.05) is 32.2 Å². The third-order valence-corrected chi connectivity index (χ3v) is 5.84. The van der Waals surface area contributed by atoms with E-state index < -0.39 is 0 Å². The van der Waals surface area contributed by atoms with Crippen molar-refractivity contribution in [3.63, 3.8) is 0 Å². The first-order valence-corrected chi connectivity index (χ1v) is 11.5. The van der Waals surface area contributed by atoms with Crippen LogP contribution in [-0.4, -0.2) is 17.5 Å². The third kappa shape index (κ3) is 6.91. The van der Waals surface area contributed by atoms with Crippen LogP contribution >= 0.6 is 0 Å². The van der Waals surface area contributed by atoms with Crippen LogP contribution in [0.2, 0.25) is 0 Å². The Morgan fingerprint density at radius 1 is 0.500 bits per heavy atom. The van der Waals surface area contributed by atoms with Gasteiger partial charge in [-0.3, -0.25) is 4.90 Å². The van der Waals surface area contributed by atoms with Crippen molar-refractivity contribution in [3.05, 3.63) is 144 Å². The summed E-state index contributed by atoms with van der Waals surface area (Å²) in [5.41, 5.74) is 5.41. The molecule has 0 fully saturated rings. The van der Waals surface area contributed by atoms with Crippen molar-refractivity contribution < 1.29 is 0 Å². The number of rotatable bonds is 11. The van der Waals surface area contributed by atoms with E-state index in [0.717, 1.165) is 32.6 Å². The topological polar surface area (TPSA) is 15.3 Å². The Morgan fingerprint density at radius 3 is 1.38 bits per heavy atom. The zero-order valence-corrected chi connectivity index (χ0v) is 18.6. The van der Waals surface area contributed by atoms with Crippen LogP contribution in [0, 0.1) is 0 Å². The van der Waals surface area contributed by atoms with Gasteiger partial charge in [0.15, 0.2) is 0 Å². The summed E-state index contributed by atoms with van der Waals surface area (Å²) in [5.74, 6) is 0. The molecule has 1 atom stereocenters. The van der Waals surface area contributed by atoms with Crippen LogP contribution in [0.5, 0.6) is 0 Å². The van der Waals surface area contributed by atoms with Gasteiger partial charge in [0.1, 0.15) is 0 Å². The van der Waals surface area contributed by atoms with Gasteiger partial charge in [-0.15, -0.1) is 0 Å². The summed E-state index contributed by atoms with van der Waals surface area (Å²) in [7, 11) is 0. The zero-order chi connectivity index (χ0) is 21.8. The van der Waals surface area contributed by atoms with Gasteiger partial charge in [-0.05, 0) is 28.7 Å². The fourth-order valence-corrected chi connectivity index (χ4v) is 4.15. The molecule has 0 aliphatic heterocycles. The summed E-state index contributed by atoms with van der Waals surface area (Å²) < 4.78 is 0. The lowest BCUT2D eigenvalue weighted by Gasteiger charge is -2.33. The molecule has 0 radical (unpaired) electrons. The predicted octanol–water partition coefficient (Wildman–Crippen LogP) is 6.09. The summed E-state index contributed by atoms with van der Waals surface area (Å²) in [6.07, 6.45) is 1.02. The zero-order valence-electron chi connectivity index (χ0n) is 18.6. The first-order valence-electron chi connectivity index (χ1n) is 11.5. The molecule has 0 saturated heterocycles. The average molecular weight is 421 g/mol. The highest BCUT2D eigenvalue weighted by atomic mass is 15.2. The SMILES string of the molecule is c1ccc(CNC[C@H](Cc2ccccc2)N(Cc2ccccc2)Cc2ccccc2)cc1. The number of hydrogen-bond acceptors (Lipinski definition) is 2. The van der Waals surface area contributed by atoms with Crippen LogP contribution in [0.3, 0.4) is 0 Å². The molecule has 0 amide bonds. The van der Waals surface area contributed by atoms with Crippen LogP contribution < -0.4 is 5.32 Å². The molecule has 4 aromatic rings. The van der Waals surface area contributed by atoms with Crippen molar-refractivity contribution in [3.8, 4) is 0 Å². The van der Waals surface area contributed by atoms with E-state index in [1.54, 1.807) is 0 Å². The molecule has 4 aromatic carbocycles. The molecular weight excluding hydrogens is 388 g/mol. The van der Waals surface area contributed by atoms with Gasteiger partial charge in [-0.25, -0.2) is 0 Å². The molecule has 0 bridgehead atoms. The van der Waals surface area contributed by atoms with E-state index in [-0.39, 0.29) is 0 Å². The Hall–Kier alpha value is -3.20. The number of hydrogen-bond donors (Lipinski definition) is 1. The van der Waals surface area contributed by atoms with Crippen molar-refractivity contribution in [2.45, 2.75) is 32.1 Å². The van der Waals surface area contributed by atoms with E-state index in [0.29, 0.717) is 6.04 Å². The Balaban J connectivity index is 1.54. The standard InChI is InChI=1S/C30H32N2/c1-5-13-26(14-6-1)21-30(23-31-22-27-15-7-2-8-16-27)32(24-28-17-9-3-10-18-28)25-29-19-11-4-12-20-29/h1-20,30-31H,21-25H2/t30-/m0/s1. The second-order valence-corrected chi connectivity index (χ2v) is 8.34. The highest BCUT2D eigenvalue weighted by Crippen LogP contribution is 2.17. The number of nitrogens with one attached hydrogen (secondary N) is 1. The maximum Gasteiger partial charge on any atom is 0.0268 e. The van der Waals surface area contributed by atoms with Crippen LogP contribution in [0.25, 0.3) is 0 Å². The quantitative estimate of drug-likeness (QED) is 0.316. The number of benzene rings is 4. The molecule has 0 saturated carbocycles. The van der Waals surface area contributed by atoms with Gasteiger partial charge in [0.25, 0.3) is 0 Å². The average Bonchev–Trinajstić information content (AvgIpc) is 2.86. The molecule has 2 heteroatoms. The van der Waals surface area contributed by atoms with Crippen molar-refractivity contribution in [1.29, 1.82) is 0 Å². The summed E-state index contributed by atoms with van der Waals surface area (Å²) >= 11 is 0. The largest absolute Gasteiger partial charge is 0.311 e. The van der Waals surface area contributed by atoms with Gasteiger partial charge in [-0.2, -0.15) is 0 Å². The van der Waals surface area contributed by atoms with Crippen LogP contribution in [0.4, 0.5) is 0 Å². The fraction of sp³-hybridized carbons (Fsp3) is 0.200. The van der Waals surface area contributed by atoms with Crippen molar-refractivity contribution in [2.24, 2.45) is 0 Å². The van der Waals surface area contributed by atoms with Gasteiger partial charge in [0.2, 0.25) is 0 Å². The first kappa shape index (κ1) is 22.0. The minimum Gasteiger partial charge on any atom is -0.311 e. The molecule has 2 nitrogen and oxygen atoms in total. The van der Waals surface area contributed by atoms with Crippen molar-refractivity contribution in [1.82, 2.24) is 10.2 Å². The summed E-state index contributed by atoms with van der Waals surface area (Å²) in [5, 5.41) is 3.73. The van der Waals surface area contributed by atoms with E-state index >= 15 is 0 Å². The minimum absolute atomic E-state index is 0.376. The van der Waals surface area contributed by atoms with Gasteiger partial charge in [-0.1, -0.05) is 121 Å². The van der Waals surface area contributed by atoms with Crippen molar-refractivity contribution in [2.75, 3.05) is 6.54 Å². The molecule has 0 aliphatic carbocycles. The molecule has 0 spiro atoms. The van der Waals surface area contributed by atoms with E-state index in [4.69, 9.17) is 0 Å². The fourth-order valence-electron chi connectivity index (χ4n) is 4.15. The van der Waals surface area contributed by atoms with E-state index in [1.165, 1.54) is 22.3 Å². The number of nitrogens with zero attached hydrogens (tertiary/aromatic N) is 1. The minimum atomic E-state index is 0.376. The van der Waals surface area contributed by atoms with E-state index in [9.17, 15) is 0 Å². The van der Waals surface area contributed by atoms with Crippen LogP contribution in [0.1, 0.15) is 22.3 Å². The predicted molar refractivity (Wildman–Crippen MR) is 134 cm³/mol. The molecule has 4 rings (SSSR count). The third-order valence-electron chi connectivity index (χ3n) is 5.84. The Bertz CT molecular complexity index is 976. The van der Waals surface area contributed by atoms with Crippen LogP contribution in [0.15, 0.2) is 121 Å². The molecule has 32 heavy (non-hydrogen) atoms. The first-order chi connectivity index (χ1) is 15.9. The molecule has 162 valence electrons. The summed E-state index contributed by atoms with van der Waals surface area (Å²) in [6.45, 7) is 3.68. The van der Waals surface area contributed by atoms with E-state index in [2.05, 4.69) is 132 Å². The lowest BCUT2D eigenvalue weighted by Crippen LogP contribution is -2.43.